The number of aryl methyl sites for hydroxylation is 3. The molecule has 0 aromatic carbocycles. The fourth-order valence-corrected chi connectivity index (χ4v) is 1.72. The number of rotatable bonds is 4. The van der Waals surface area contributed by atoms with E-state index in [2.05, 4.69) is 25.7 Å². The summed E-state index contributed by atoms with van der Waals surface area (Å²) < 4.78 is 5.51. The highest BCUT2D eigenvalue weighted by Crippen LogP contribution is 2.19. The maximum atomic E-state index is 5.51. The molecule has 0 saturated heterocycles. The lowest BCUT2D eigenvalue weighted by atomic mass is 10.3. The topological polar surface area (TPSA) is 102 Å². The zero-order chi connectivity index (χ0) is 14.0. The van der Waals surface area contributed by atoms with Crippen LogP contribution in [0.5, 0.6) is 0 Å². The summed E-state index contributed by atoms with van der Waals surface area (Å²) >= 11 is 0. The van der Waals surface area contributed by atoms with Gasteiger partial charge in [-0.2, -0.15) is 0 Å². The van der Waals surface area contributed by atoms with Gasteiger partial charge in [-0.25, -0.2) is 20.8 Å². The molecule has 2 rings (SSSR count). The Labute approximate surface area is 111 Å². The van der Waals surface area contributed by atoms with E-state index in [1.165, 1.54) is 0 Å². The minimum absolute atomic E-state index is 0.468. The van der Waals surface area contributed by atoms with Crippen molar-refractivity contribution >= 4 is 11.6 Å². The molecule has 7 heteroatoms. The second kappa shape index (κ2) is 5.23. The fourth-order valence-electron chi connectivity index (χ4n) is 1.72. The van der Waals surface area contributed by atoms with Crippen molar-refractivity contribution in [1.82, 2.24) is 15.0 Å². The molecule has 0 aliphatic heterocycles. The third-order valence-corrected chi connectivity index (χ3v) is 2.87. The van der Waals surface area contributed by atoms with Crippen LogP contribution in [0.4, 0.5) is 11.6 Å². The van der Waals surface area contributed by atoms with E-state index in [9.17, 15) is 0 Å². The normalized spacial score (nSPS) is 10.6. The van der Waals surface area contributed by atoms with Crippen molar-refractivity contribution < 1.29 is 4.42 Å². The van der Waals surface area contributed by atoms with Crippen molar-refractivity contribution in [2.75, 3.05) is 10.7 Å². The van der Waals surface area contributed by atoms with Gasteiger partial charge in [0.15, 0.2) is 0 Å². The van der Waals surface area contributed by atoms with E-state index in [0.717, 1.165) is 17.0 Å². The predicted molar refractivity (Wildman–Crippen MR) is 72.6 cm³/mol. The Morgan fingerprint density at radius 3 is 2.32 bits per heavy atom. The zero-order valence-corrected chi connectivity index (χ0v) is 11.5. The van der Waals surface area contributed by atoms with Crippen LogP contribution in [0.2, 0.25) is 0 Å². The first kappa shape index (κ1) is 13.3. The number of nitrogen functional groups attached to an aromatic ring is 1. The summed E-state index contributed by atoms with van der Waals surface area (Å²) in [5.41, 5.74) is 4.31. The van der Waals surface area contributed by atoms with Crippen LogP contribution in [0, 0.1) is 27.7 Å². The molecular weight excluding hydrogens is 244 g/mol. The van der Waals surface area contributed by atoms with E-state index in [0.29, 0.717) is 29.9 Å². The van der Waals surface area contributed by atoms with E-state index in [1.807, 2.05) is 27.7 Å². The summed E-state index contributed by atoms with van der Waals surface area (Å²) in [6.45, 7) is 7.98. The Kier molecular flexibility index (Phi) is 3.66. The van der Waals surface area contributed by atoms with Crippen molar-refractivity contribution in [3.05, 3.63) is 28.7 Å². The van der Waals surface area contributed by atoms with Crippen molar-refractivity contribution in [3.8, 4) is 0 Å². The van der Waals surface area contributed by atoms with E-state index in [1.54, 1.807) is 0 Å². The molecule has 0 atom stereocenters. The van der Waals surface area contributed by atoms with Gasteiger partial charge < -0.3 is 15.2 Å². The average Bonchev–Trinajstić information content (AvgIpc) is 2.69. The van der Waals surface area contributed by atoms with Gasteiger partial charge in [0.2, 0.25) is 5.89 Å². The standard InChI is InChI=1S/C12H18N6O/c1-6-11(16-9(4)17-12(6)18-13)14-5-10-15-7(2)8(3)19-10/h5,13H2,1-4H3,(H2,14,16,17,18). The molecule has 2 aromatic heterocycles. The minimum atomic E-state index is 0.468. The second-order valence-corrected chi connectivity index (χ2v) is 4.34. The van der Waals surface area contributed by atoms with E-state index >= 15 is 0 Å². The monoisotopic (exact) mass is 262 g/mol. The molecule has 0 bridgehead atoms. The number of oxazole rings is 1. The van der Waals surface area contributed by atoms with Crippen LogP contribution in [0.1, 0.15) is 28.7 Å². The van der Waals surface area contributed by atoms with Crippen LogP contribution < -0.4 is 16.6 Å². The van der Waals surface area contributed by atoms with Crippen LogP contribution in [-0.4, -0.2) is 15.0 Å². The number of hydrogen-bond donors (Lipinski definition) is 3. The van der Waals surface area contributed by atoms with Gasteiger partial charge in [0.1, 0.15) is 23.2 Å². The van der Waals surface area contributed by atoms with Gasteiger partial charge in [-0.15, -0.1) is 0 Å². The largest absolute Gasteiger partial charge is 0.444 e. The molecule has 2 heterocycles. The van der Waals surface area contributed by atoms with Gasteiger partial charge in [0, 0.05) is 5.56 Å². The van der Waals surface area contributed by atoms with Gasteiger partial charge in [-0.3, -0.25) is 0 Å². The Hall–Kier alpha value is -2.15. The molecule has 7 nitrogen and oxygen atoms in total. The van der Waals surface area contributed by atoms with Crippen LogP contribution in [0.3, 0.4) is 0 Å². The lowest BCUT2D eigenvalue weighted by Gasteiger charge is -2.11. The molecular formula is C12H18N6O. The number of nitrogens with two attached hydrogens (primary N) is 1. The zero-order valence-electron chi connectivity index (χ0n) is 11.5. The number of nitrogens with zero attached hydrogens (tertiary/aromatic N) is 3. The van der Waals surface area contributed by atoms with Gasteiger partial charge in [0.05, 0.1) is 12.2 Å². The first-order valence-electron chi connectivity index (χ1n) is 6.00. The van der Waals surface area contributed by atoms with Crippen molar-refractivity contribution in [3.63, 3.8) is 0 Å². The van der Waals surface area contributed by atoms with Crippen LogP contribution in [-0.2, 0) is 6.54 Å². The maximum Gasteiger partial charge on any atom is 0.213 e. The Bertz CT molecular complexity index is 573. The highest BCUT2D eigenvalue weighted by Gasteiger charge is 2.10. The third kappa shape index (κ3) is 2.82. The summed E-state index contributed by atoms with van der Waals surface area (Å²) in [5, 5.41) is 3.18. The third-order valence-electron chi connectivity index (χ3n) is 2.87. The molecule has 4 N–H and O–H groups in total. The predicted octanol–water partition coefficient (Wildman–Crippen LogP) is 1.60. The molecule has 0 aliphatic rings. The molecule has 0 radical (unpaired) electrons. The quantitative estimate of drug-likeness (QED) is 0.568. The van der Waals surface area contributed by atoms with Gasteiger partial charge in [0.25, 0.3) is 0 Å². The smallest absolute Gasteiger partial charge is 0.213 e. The van der Waals surface area contributed by atoms with Crippen molar-refractivity contribution in [1.29, 1.82) is 0 Å². The number of hydrogen-bond acceptors (Lipinski definition) is 7. The summed E-state index contributed by atoms with van der Waals surface area (Å²) in [4.78, 5) is 12.8. The summed E-state index contributed by atoms with van der Waals surface area (Å²) in [6, 6.07) is 0. The summed E-state index contributed by atoms with van der Waals surface area (Å²) in [6.07, 6.45) is 0. The molecule has 0 aliphatic carbocycles. The second-order valence-electron chi connectivity index (χ2n) is 4.34. The average molecular weight is 262 g/mol. The molecule has 19 heavy (non-hydrogen) atoms. The van der Waals surface area contributed by atoms with Crippen LogP contribution >= 0.6 is 0 Å². The Morgan fingerprint density at radius 2 is 1.74 bits per heavy atom. The molecule has 0 spiro atoms. The van der Waals surface area contributed by atoms with Crippen LogP contribution in [0.25, 0.3) is 0 Å². The molecule has 0 unspecified atom stereocenters. The van der Waals surface area contributed by atoms with Gasteiger partial charge in [-0.05, 0) is 27.7 Å². The number of hydrazine groups is 1. The number of nitrogens with one attached hydrogen (secondary N) is 2. The molecule has 102 valence electrons. The molecule has 2 aromatic rings. The Balaban J connectivity index is 2.17. The Morgan fingerprint density at radius 1 is 1.05 bits per heavy atom. The first-order chi connectivity index (χ1) is 9.01. The first-order valence-corrected chi connectivity index (χ1v) is 6.00. The highest BCUT2D eigenvalue weighted by molar-refractivity contribution is 5.56. The molecule has 0 fully saturated rings. The van der Waals surface area contributed by atoms with Crippen molar-refractivity contribution in [2.45, 2.75) is 34.2 Å². The SMILES string of the molecule is Cc1nc(NN)c(C)c(NCc2nc(C)c(C)o2)n1. The highest BCUT2D eigenvalue weighted by atomic mass is 16.4. The lowest BCUT2D eigenvalue weighted by Crippen LogP contribution is -2.14. The lowest BCUT2D eigenvalue weighted by molar-refractivity contribution is 0.478. The van der Waals surface area contributed by atoms with Crippen molar-refractivity contribution in [2.24, 2.45) is 5.84 Å². The minimum Gasteiger partial charge on any atom is -0.444 e. The van der Waals surface area contributed by atoms with Gasteiger partial charge in [-0.1, -0.05) is 0 Å². The number of aromatic nitrogens is 3. The van der Waals surface area contributed by atoms with E-state index < -0.39 is 0 Å². The maximum absolute atomic E-state index is 5.51. The fraction of sp³-hybridized carbons (Fsp3) is 0.417. The van der Waals surface area contributed by atoms with E-state index in [4.69, 9.17) is 10.3 Å². The summed E-state index contributed by atoms with van der Waals surface area (Å²) in [5.74, 6) is 8.85. The van der Waals surface area contributed by atoms with Crippen LogP contribution in [0.15, 0.2) is 4.42 Å². The molecule has 0 saturated carbocycles. The number of anilines is 2. The van der Waals surface area contributed by atoms with Gasteiger partial charge >= 0.3 is 0 Å². The van der Waals surface area contributed by atoms with E-state index in [-0.39, 0.29) is 0 Å². The molecule has 0 amide bonds. The summed E-state index contributed by atoms with van der Waals surface area (Å²) in [7, 11) is 0.